The Bertz CT molecular complexity index is 329. The van der Waals surface area contributed by atoms with Crippen molar-refractivity contribution in [2.45, 2.75) is 71.6 Å². The molecule has 0 heterocycles. The van der Waals surface area contributed by atoms with Crippen molar-refractivity contribution in [3.8, 4) is 0 Å². The third-order valence-corrected chi connectivity index (χ3v) is 2.08. The summed E-state index contributed by atoms with van der Waals surface area (Å²) in [7, 11) is 0. The Morgan fingerprint density at radius 3 is 1.95 bits per heavy atom. The van der Waals surface area contributed by atoms with Gasteiger partial charge in [-0.3, -0.25) is 0 Å². The lowest BCUT2D eigenvalue weighted by molar-refractivity contribution is -0.157. The molecule has 6 heteroatoms. The smallest absolute Gasteiger partial charge is 0.408 e. The normalized spacial score (nSPS) is 13.6. The van der Waals surface area contributed by atoms with Gasteiger partial charge < -0.3 is 20.5 Å². The maximum Gasteiger partial charge on any atom is 0.408 e. The highest BCUT2D eigenvalue weighted by atomic mass is 16.6. The molecular formula is C14H28N2O4. The van der Waals surface area contributed by atoms with E-state index in [1.165, 1.54) is 0 Å². The van der Waals surface area contributed by atoms with Gasteiger partial charge in [0.25, 0.3) is 0 Å². The minimum Gasteiger partial charge on any atom is -0.458 e. The second-order valence-electron chi connectivity index (χ2n) is 6.66. The largest absolute Gasteiger partial charge is 0.458 e. The van der Waals surface area contributed by atoms with Crippen LogP contribution in [0.5, 0.6) is 0 Å². The molecule has 0 saturated heterocycles. The van der Waals surface area contributed by atoms with Gasteiger partial charge in [-0.15, -0.1) is 0 Å². The number of carbonyl (C=O) groups is 2. The third kappa shape index (κ3) is 9.61. The van der Waals surface area contributed by atoms with Crippen LogP contribution in [0, 0.1) is 0 Å². The minimum absolute atomic E-state index is 0.421. The van der Waals surface area contributed by atoms with Crippen LogP contribution in [0.15, 0.2) is 0 Å². The predicted molar refractivity (Wildman–Crippen MR) is 77.3 cm³/mol. The molecule has 0 unspecified atom stereocenters. The van der Waals surface area contributed by atoms with Crippen LogP contribution in [0.4, 0.5) is 4.79 Å². The quantitative estimate of drug-likeness (QED) is 0.755. The predicted octanol–water partition coefficient (Wildman–Crippen LogP) is 1.96. The Labute approximate surface area is 121 Å². The molecule has 0 radical (unpaired) electrons. The Kier molecular flexibility index (Phi) is 6.99. The number of rotatable bonds is 5. The summed E-state index contributed by atoms with van der Waals surface area (Å²) in [6.07, 6.45) is 0.398. The maximum absolute atomic E-state index is 12.0. The van der Waals surface area contributed by atoms with E-state index in [4.69, 9.17) is 15.2 Å². The van der Waals surface area contributed by atoms with Crippen LogP contribution in [0.1, 0.15) is 54.4 Å². The van der Waals surface area contributed by atoms with E-state index in [0.717, 1.165) is 0 Å². The van der Waals surface area contributed by atoms with E-state index in [2.05, 4.69) is 5.32 Å². The highest BCUT2D eigenvalue weighted by Gasteiger charge is 2.28. The van der Waals surface area contributed by atoms with Gasteiger partial charge in [0, 0.05) is 0 Å². The van der Waals surface area contributed by atoms with Gasteiger partial charge in [-0.25, -0.2) is 9.59 Å². The van der Waals surface area contributed by atoms with Crippen LogP contribution in [0.25, 0.3) is 0 Å². The molecule has 0 rings (SSSR count). The molecule has 0 aliphatic rings. The van der Waals surface area contributed by atoms with E-state index >= 15 is 0 Å². The molecule has 3 N–H and O–H groups in total. The fraction of sp³-hybridized carbons (Fsp3) is 0.857. The van der Waals surface area contributed by atoms with Crippen LogP contribution < -0.4 is 11.1 Å². The zero-order valence-corrected chi connectivity index (χ0v) is 13.4. The third-order valence-electron chi connectivity index (χ3n) is 2.08. The Morgan fingerprint density at radius 2 is 1.55 bits per heavy atom. The molecule has 0 aromatic carbocycles. The van der Waals surface area contributed by atoms with Crippen molar-refractivity contribution in [3.63, 3.8) is 0 Å². The molecule has 0 fully saturated rings. The van der Waals surface area contributed by atoms with Crippen molar-refractivity contribution in [2.75, 3.05) is 6.54 Å². The monoisotopic (exact) mass is 288 g/mol. The van der Waals surface area contributed by atoms with Crippen LogP contribution in [0.2, 0.25) is 0 Å². The second kappa shape index (κ2) is 7.47. The number of hydrogen-bond donors (Lipinski definition) is 2. The molecule has 0 saturated carbocycles. The molecule has 1 amide bonds. The van der Waals surface area contributed by atoms with E-state index in [9.17, 15) is 9.59 Å². The van der Waals surface area contributed by atoms with Crippen molar-refractivity contribution >= 4 is 12.1 Å². The summed E-state index contributed by atoms with van der Waals surface area (Å²) in [6.45, 7) is 11.0. The lowest BCUT2D eigenvalue weighted by Gasteiger charge is -2.26. The van der Waals surface area contributed by atoms with Crippen molar-refractivity contribution < 1.29 is 19.1 Å². The van der Waals surface area contributed by atoms with Crippen LogP contribution in [-0.4, -0.2) is 35.9 Å². The lowest BCUT2D eigenvalue weighted by Crippen LogP contribution is -2.46. The highest BCUT2D eigenvalue weighted by molar-refractivity contribution is 5.81. The first kappa shape index (κ1) is 18.7. The fourth-order valence-electron chi connectivity index (χ4n) is 1.39. The number of esters is 1. The molecule has 118 valence electrons. The maximum atomic E-state index is 12.0. The van der Waals surface area contributed by atoms with Gasteiger partial charge >= 0.3 is 12.1 Å². The van der Waals surface area contributed by atoms with Gasteiger partial charge in [0.1, 0.15) is 17.2 Å². The molecule has 0 aliphatic heterocycles. The Morgan fingerprint density at radius 1 is 1.05 bits per heavy atom. The summed E-state index contributed by atoms with van der Waals surface area (Å²) in [6, 6.07) is -0.743. The highest BCUT2D eigenvalue weighted by Crippen LogP contribution is 2.12. The first-order chi connectivity index (χ1) is 8.94. The molecule has 20 heavy (non-hydrogen) atoms. The number of alkyl carbamates (subject to hydrolysis) is 1. The summed E-state index contributed by atoms with van der Waals surface area (Å²) in [5.74, 6) is -0.475. The number of nitrogens with two attached hydrogens (primary N) is 1. The summed E-state index contributed by atoms with van der Waals surface area (Å²) >= 11 is 0. The molecular weight excluding hydrogens is 260 g/mol. The molecule has 0 aromatic rings. The molecule has 0 aliphatic carbocycles. The molecule has 6 nitrogen and oxygen atoms in total. The lowest BCUT2D eigenvalue weighted by atomic mass is 10.1. The van der Waals surface area contributed by atoms with E-state index in [0.29, 0.717) is 19.4 Å². The fourth-order valence-corrected chi connectivity index (χ4v) is 1.39. The molecule has 0 aromatic heterocycles. The van der Waals surface area contributed by atoms with E-state index in [1.54, 1.807) is 41.5 Å². The van der Waals surface area contributed by atoms with Gasteiger partial charge in [0.2, 0.25) is 0 Å². The van der Waals surface area contributed by atoms with Gasteiger partial charge in [-0.05, 0) is 60.9 Å². The van der Waals surface area contributed by atoms with Gasteiger partial charge in [0.15, 0.2) is 0 Å². The van der Waals surface area contributed by atoms with Crippen molar-refractivity contribution in [1.82, 2.24) is 5.32 Å². The average Bonchev–Trinajstić information content (AvgIpc) is 2.18. The van der Waals surface area contributed by atoms with E-state index in [1.807, 2.05) is 0 Å². The summed E-state index contributed by atoms with van der Waals surface area (Å²) in [5.41, 5.74) is 4.22. The summed E-state index contributed by atoms with van der Waals surface area (Å²) in [5, 5.41) is 2.54. The number of amides is 1. The van der Waals surface area contributed by atoms with Crippen molar-refractivity contribution in [2.24, 2.45) is 5.73 Å². The van der Waals surface area contributed by atoms with Crippen molar-refractivity contribution in [3.05, 3.63) is 0 Å². The topological polar surface area (TPSA) is 90.6 Å². The zero-order valence-electron chi connectivity index (χ0n) is 13.4. The van der Waals surface area contributed by atoms with Crippen LogP contribution >= 0.6 is 0 Å². The number of nitrogens with one attached hydrogen (secondary N) is 1. The van der Waals surface area contributed by atoms with Crippen LogP contribution in [-0.2, 0) is 14.3 Å². The first-order valence-electron chi connectivity index (χ1n) is 6.87. The van der Waals surface area contributed by atoms with Crippen molar-refractivity contribution in [1.29, 1.82) is 0 Å². The second-order valence-corrected chi connectivity index (χ2v) is 6.66. The van der Waals surface area contributed by atoms with Gasteiger partial charge in [-0.2, -0.15) is 0 Å². The van der Waals surface area contributed by atoms with Gasteiger partial charge in [-0.1, -0.05) is 0 Å². The first-order valence-corrected chi connectivity index (χ1v) is 6.87. The van der Waals surface area contributed by atoms with E-state index < -0.39 is 29.3 Å². The molecule has 0 spiro atoms. The Balaban J connectivity index is 4.63. The number of carbonyl (C=O) groups excluding carboxylic acids is 2. The van der Waals surface area contributed by atoms with Gasteiger partial charge in [0.05, 0.1) is 0 Å². The zero-order chi connectivity index (χ0) is 16.0. The summed E-state index contributed by atoms with van der Waals surface area (Å²) in [4.78, 5) is 23.8. The summed E-state index contributed by atoms with van der Waals surface area (Å²) < 4.78 is 10.4. The molecule has 0 bridgehead atoms. The Hall–Kier alpha value is -1.30. The molecule has 1 atom stereocenters. The SMILES string of the molecule is CC(C)(C)OC(=O)N[C@@H](CCCN)C(=O)OC(C)(C)C. The van der Waals surface area contributed by atoms with E-state index in [-0.39, 0.29) is 0 Å². The standard InChI is InChI=1S/C14H28N2O4/c1-13(2,3)19-11(17)10(8-7-9-15)16-12(18)20-14(4,5)6/h10H,7-9,15H2,1-6H3,(H,16,18)/t10-/m0/s1. The average molecular weight is 288 g/mol. The van der Waals surface area contributed by atoms with Crippen LogP contribution in [0.3, 0.4) is 0 Å². The minimum atomic E-state index is -0.743. The number of ether oxygens (including phenoxy) is 2. The number of hydrogen-bond acceptors (Lipinski definition) is 5.